The van der Waals surface area contributed by atoms with Gasteiger partial charge in [-0.05, 0) is 36.5 Å². The average Bonchev–Trinajstić information content (AvgIpc) is 3.21. The lowest BCUT2D eigenvalue weighted by molar-refractivity contribution is 0.479. The van der Waals surface area contributed by atoms with Crippen molar-refractivity contribution >= 4 is 10.0 Å². The molecule has 1 saturated carbocycles. The third kappa shape index (κ3) is 4.46. The molecule has 0 aromatic heterocycles. The summed E-state index contributed by atoms with van der Waals surface area (Å²) >= 11 is 0. The van der Waals surface area contributed by atoms with Gasteiger partial charge in [-0.25, -0.2) is 21.9 Å². The van der Waals surface area contributed by atoms with E-state index in [2.05, 4.69) is 10.0 Å². The third-order valence-corrected chi connectivity index (χ3v) is 4.62. The van der Waals surface area contributed by atoms with E-state index < -0.39 is 26.6 Å². The molecule has 1 aliphatic carbocycles. The van der Waals surface area contributed by atoms with Gasteiger partial charge >= 0.3 is 0 Å². The molecule has 7 heteroatoms. The number of nitrogens with one attached hydrogen (secondary N) is 2. The lowest BCUT2D eigenvalue weighted by Gasteiger charge is -2.12. The van der Waals surface area contributed by atoms with Gasteiger partial charge in [-0.3, -0.25) is 0 Å². The summed E-state index contributed by atoms with van der Waals surface area (Å²) < 4.78 is 53.9. The molecule has 0 unspecified atom stereocenters. The van der Waals surface area contributed by atoms with E-state index in [-0.39, 0.29) is 12.5 Å². The molecule has 1 fully saturated rings. The molecule has 1 aliphatic rings. The van der Waals surface area contributed by atoms with Crippen LogP contribution in [-0.4, -0.2) is 21.0 Å². The number of halogens is 2. The molecule has 2 rings (SSSR count). The predicted octanol–water partition coefficient (Wildman–Crippen LogP) is 2.15. The van der Waals surface area contributed by atoms with Crippen LogP contribution in [0.5, 0.6) is 0 Å². The third-order valence-electron chi connectivity index (χ3n) is 3.20. The summed E-state index contributed by atoms with van der Waals surface area (Å²) in [5.41, 5.74) is 0.422. The Balaban J connectivity index is 2.23. The molecule has 1 aromatic rings. The van der Waals surface area contributed by atoms with Crippen LogP contribution in [0.3, 0.4) is 0 Å². The number of benzene rings is 1. The second-order valence-electron chi connectivity index (χ2n) is 5.79. The van der Waals surface area contributed by atoms with Crippen molar-refractivity contribution in [2.75, 3.05) is 6.54 Å². The van der Waals surface area contributed by atoms with Gasteiger partial charge in [-0.1, -0.05) is 13.8 Å². The van der Waals surface area contributed by atoms with Crippen LogP contribution in [0.25, 0.3) is 0 Å². The van der Waals surface area contributed by atoms with Crippen LogP contribution in [0.15, 0.2) is 17.0 Å². The zero-order chi connectivity index (χ0) is 15.6. The molecule has 0 radical (unpaired) electrons. The Labute approximate surface area is 124 Å². The van der Waals surface area contributed by atoms with Gasteiger partial charge in [-0.2, -0.15) is 0 Å². The average molecular weight is 318 g/mol. The van der Waals surface area contributed by atoms with E-state index in [0.29, 0.717) is 18.2 Å². The Morgan fingerprint density at radius 2 is 1.95 bits per heavy atom. The summed E-state index contributed by atoms with van der Waals surface area (Å²) in [5.74, 6) is -2.40. The van der Waals surface area contributed by atoms with Gasteiger partial charge in [0.2, 0.25) is 10.0 Å². The summed E-state index contributed by atoms with van der Waals surface area (Å²) in [6.45, 7) is 4.16. The van der Waals surface area contributed by atoms with Crippen molar-refractivity contribution in [1.82, 2.24) is 10.0 Å². The smallest absolute Gasteiger partial charge is 0.243 e. The van der Waals surface area contributed by atoms with Crippen molar-refractivity contribution in [1.29, 1.82) is 0 Å². The highest BCUT2D eigenvalue weighted by Gasteiger charge is 2.24. The van der Waals surface area contributed by atoms with Crippen LogP contribution in [-0.2, 0) is 16.6 Å². The highest BCUT2D eigenvalue weighted by Crippen LogP contribution is 2.22. The minimum absolute atomic E-state index is 0.0763. The summed E-state index contributed by atoms with van der Waals surface area (Å²) in [4.78, 5) is -0.629. The fraction of sp³-hybridized carbons (Fsp3) is 0.571. The normalized spacial score (nSPS) is 15.7. The Kier molecular flexibility index (Phi) is 4.95. The van der Waals surface area contributed by atoms with Crippen molar-refractivity contribution in [2.24, 2.45) is 5.92 Å². The van der Waals surface area contributed by atoms with E-state index in [1.165, 1.54) is 6.07 Å². The zero-order valence-corrected chi connectivity index (χ0v) is 12.9. The fourth-order valence-electron chi connectivity index (χ4n) is 1.82. The predicted molar refractivity (Wildman–Crippen MR) is 76.2 cm³/mol. The molecule has 0 bridgehead atoms. The van der Waals surface area contributed by atoms with Crippen molar-refractivity contribution in [3.63, 3.8) is 0 Å². The van der Waals surface area contributed by atoms with Crippen molar-refractivity contribution in [3.05, 3.63) is 29.3 Å². The summed E-state index contributed by atoms with van der Waals surface area (Å²) in [6, 6.07) is 2.63. The van der Waals surface area contributed by atoms with Gasteiger partial charge in [0.05, 0.1) is 0 Å². The standard InChI is InChI=1S/C14H20F2N2O2S/c1-9(2)7-18-21(19,20)13-6-10(5-12(15)14(13)16)8-17-11-3-4-11/h5-6,9,11,17-18H,3-4,7-8H2,1-2H3. The van der Waals surface area contributed by atoms with Gasteiger partial charge in [0.1, 0.15) is 4.90 Å². The quantitative estimate of drug-likeness (QED) is 0.810. The summed E-state index contributed by atoms with van der Waals surface area (Å²) in [6.07, 6.45) is 2.12. The first kappa shape index (κ1) is 16.3. The van der Waals surface area contributed by atoms with E-state index in [0.717, 1.165) is 18.9 Å². The van der Waals surface area contributed by atoms with E-state index in [9.17, 15) is 17.2 Å². The minimum Gasteiger partial charge on any atom is -0.310 e. The first-order valence-corrected chi connectivity index (χ1v) is 8.49. The van der Waals surface area contributed by atoms with E-state index in [1.54, 1.807) is 0 Å². The Hall–Kier alpha value is -1.05. The topological polar surface area (TPSA) is 58.2 Å². The van der Waals surface area contributed by atoms with Gasteiger partial charge < -0.3 is 5.32 Å². The van der Waals surface area contributed by atoms with Crippen molar-refractivity contribution < 1.29 is 17.2 Å². The molecule has 2 N–H and O–H groups in total. The van der Waals surface area contributed by atoms with Gasteiger partial charge in [0.15, 0.2) is 11.6 Å². The highest BCUT2D eigenvalue weighted by atomic mass is 32.2. The Morgan fingerprint density at radius 3 is 2.52 bits per heavy atom. The van der Waals surface area contributed by atoms with Crippen LogP contribution in [0.4, 0.5) is 8.78 Å². The molecule has 0 amide bonds. The number of rotatable bonds is 7. The van der Waals surface area contributed by atoms with Gasteiger partial charge in [0, 0.05) is 19.1 Å². The molecule has 4 nitrogen and oxygen atoms in total. The Bertz CT molecular complexity index is 614. The number of sulfonamides is 1. The molecule has 118 valence electrons. The minimum atomic E-state index is -4.05. The molecule has 0 spiro atoms. The van der Waals surface area contributed by atoms with Crippen LogP contribution >= 0.6 is 0 Å². The number of hydrogen-bond acceptors (Lipinski definition) is 3. The fourth-order valence-corrected chi connectivity index (χ4v) is 3.17. The summed E-state index contributed by atoms with van der Waals surface area (Å²) in [5, 5.41) is 3.14. The molecule has 0 atom stereocenters. The SMILES string of the molecule is CC(C)CNS(=O)(=O)c1cc(CNC2CC2)cc(F)c1F. The lowest BCUT2D eigenvalue weighted by atomic mass is 10.2. The molecule has 0 saturated heterocycles. The maximum Gasteiger partial charge on any atom is 0.243 e. The van der Waals surface area contributed by atoms with Crippen LogP contribution < -0.4 is 10.0 Å². The van der Waals surface area contributed by atoms with E-state index in [1.807, 2.05) is 13.8 Å². The van der Waals surface area contributed by atoms with E-state index >= 15 is 0 Å². The first-order valence-electron chi connectivity index (χ1n) is 7.00. The van der Waals surface area contributed by atoms with Crippen LogP contribution in [0.1, 0.15) is 32.3 Å². The monoisotopic (exact) mass is 318 g/mol. The summed E-state index contributed by atoms with van der Waals surface area (Å²) in [7, 11) is -4.05. The van der Waals surface area contributed by atoms with Gasteiger partial charge in [0.25, 0.3) is 0 Å². The Morgan fingerprint density at radius 1 is 1.29 bits per heavy atom. The molecule has 0 aliphatic heterocycles. The van der Waals surface area contributed by atoms with Crippen LogP contribution in [0.2, 0.25) is 0 Å². The molecular weight excluding hydrogens is 298 g/mol. The van der Waals surface area contributed by atoms with Crippen molar-refractivity contribution in [3.8, 4) is 0 Å². The maximum atomic E-state index is 13.8. The zero-order valence-electron chi connectivity index (χ0n) is 12.1. The lowest BCUT2D eigenvalue weighted by Crippen LogP contribution is -2.29. The van der Waals surface area contributed by atoms with E-state index in [4.69, 9.17) is 0 Å². The number of hydrogen-bond donors (Lipinski definition) is 2. The van der Waals surface area contributed by atoms with Gasteiger partial charge in [-0.15, -0.1) is 0 Å². The second kappa shape index (κ2) is 6.37. The maximum absolute atomic E-state index is 13.8. The molecule has 0 heterocycles. The largest absolute Gasteiger partial charge is 0.310 e. The highest BCUT2D eigenvalue weighted by molar-refractivity contribution is 7.89. The van der Waals surface area contributed by atoms with Crippen molar-refractivity contribution in [2.45, 2.75) is 44.2 Å². The molecule has 21 heavy (non-hydrogen) atoms. The van der Waals surface area contributed by atoms with Crippen LogP contribution in [0, 0.1) is 17.6 Å². The second-order valence-corrected chi connectivity index (χ2v) is 7.53. The molecule has 1 aromatic carbocycles. The first-order chi connectivity index (χ1) is 9.79. The molecular formula is C14H20F2N2O2S.